The maximum atomic E-state index is 11.5. The Bertz CT molecular complexity index is 667. The Labute approximate surface area is 122 Å². The number of ether oxygens (including phenoxy) is 2. The van der Waals surface area contributed by atoms with Crippen molar-refractivity contribution in [3.63, 3.8) is 0 Å². The number of carbonyl (C=O) groups is 2. The number of methoxy groups -OCH3 is 1. The Kier molecular flexibility index (Phi) is 4.66. The van der Waals surface area contributed by atoms with Gasteiger partial charge in [0.1, 0.15) is 18.1 Å². The molecule has 0 unspecified atom stereocenters. The first-order chi connectivity index (χ1) is 10.1. The van der Waals surface area contributed by atoms with E-state index in [4.69, 9.17) is 4.74 Å². The number of hydrogen-bond donors (Lipinski definition) is 0. The van der Waals surface area contributed by atoms with Crippen molar-refractivity contribution in [1.29, 1.82) is 0 Å². The molecular formula is C16H15NO4. The van der Waals surface area contributed by atoms with Gasteiger partial charge in [0.05, 0.1) is 12.7 Å². The number of hydrogen-bond acceptors (Lipinski definition) is 5. The minimum atomic E-state index is -0.401. The molecule has 2 aromatic rings. The van der Waals surface area contributed by atoms with E-state index in [0.29, 0.717) is 17.6 Å². The predicted molar refractivity (Wildman–Crippen MR) is 76.5 cm³/mol. The molecule has 1 aromatic heterocycles. The average Bonchev–Trinajstić information content (AvgIpc) is 2.53. The van der Waals surface area contributed by atoms with E-state index in [0.717, 1.165) is 11.3 Å². The number of carbonyl (C=O) groups excluding carboxylic acids is 2. The number of aryl methyl sites for hydroxylation is 1. The van der Waals surface area contributed by atoms with Crippen LogP contribution in [0, 0.1) is 6.92 Å². The number of nitrogens with zero attached hydrogens (tertiary/aromatic N) is 1. The van der Waals surface area contributed by atoms with Crippen molar-refractivity contribution in [1.82, 2.24) is 4.98 Å². The molecule has 0 saturated heterocycles. The summed E-state index contributed by atoms with van der Waals surface area (Å²) in [6, 6.07) is 10.4. The predicted octanol–water partition coefficient (Wildman–Crippen LogP) is 2.57. The summed E-state index contributed by atoms with van der Waals surface area (Å²) in [5.74, 6) is 0.0153. The molecule has 1 heterocycles. The molecule has 1 aromatic carbocycles. The normalized spacial score (nSPS) is 10.0. The molecule has 5 heteroatoms. The van der Waals surface area contributed by atoms with E-state index in [-0.39, 0.29) is 12.3 Å². The number of aldehydes is 1. The Morgan fingerprint density at radius 3 is 2.81 bits per heavy atom. The van der Waals surface area contributed by atoms with Gasteiger partial charge in [-0.3, -0.25) is 4.79 Å². The van der Waals surface area contributed by atoms with Crippen LogP contribution in [-0.4, -0.2) is 24.3 Å². The van der Waals surface area contributed by atoms with Gasteiger partial charge < -0.3 is 9.47 Å². The fourth-order valence-electron chi connectivity index (χ4n) is 1.84. The van der Waals surface area contributed by atoms with Crippen LogP contribution in [0.4, 0.5) is 0 Å². The van der Waals surface area contributed by atoms with Crippen molar-refractivity contribution in [2.24, 2.45) is 0 Å². The summed E-state index contributed by atoms with van der Waals surface area (Å²) in [5, 5.41) is 0. The number of pyridine rings is 1. The third-order valence-corrected chi connectivity index (χ3v) is 2.88. The van der Waals surface area contributed by atoms with E-state index in [9.17, 15) is 9.59 Å². The van der Waals surface area contributed by atoms with Gasteiger partial charge in [0.25, 0.3) is 0 Å². The molecule has 21 heavy (non-hydrogen) atoms. The van der Waals surface area contributed by atoms with Gasteiger partial charge in [0.15, 0.2) is 6.29 Å². The van der Waals surface area contributed by atoms with Crippen LogP contribution in [-0.2, 0) is 11.3 Å². The summed E-state index contributed by atoms with van der Waals surface area (Å²) < 4.78 is 10.3. The van der Waals surface area contributed by atoms with Gasteiger partial charge in [0.2, 0.25) is 0 Å². The van der Waals surface area contributed by atoms with E-state index in [1.165, 1.54) is 7.11 Å². The van der Waals surface area contributed by atoms with Gasteiger partial charge in [-0.25, -0.2) is 9.78 Å². The van der Waals surface area contributed by atoms with E-state index in [2.05, 4.69) is 9.72 Å². The van der Waals surface area contributed by atoms with Gasteiger partial charge >= 0.3 is 5.97 Å². The molecule has 5 nitrogen and oxygen atoms in total. The molecule has 0 aliphatic carbocycles. The van der Waals surface area contributed by atoms with Crippen LogP contribution in [0.25, 0.3) is 0 Å². The van der Waals surface area contributed by atoms with Crippen LogP contribution in [0.2, 0.25) is 0 Å². The van der Waals surface area contributed by atoms with Crippen LogP contribution in [0.5, 0.6) is 5.75 Å². The fourth-order valence-corrected chi connectivity index (χ4v) is 1.84. The topological polar surface area (TPSA) is 65.5 Å². The Morgan fingerprint density at radius 2 is 2.10 bits per heavy atom. The highest BCUT2D eigenvalue weighted by Gasteiger charge is 2.08. The van der Waals surface area contributed by atoms with Crippen LogP contribution in [0.15, 0.2) is 36.4 Å². The Balaban J connectivity index is 2.13. The summed E-state index contributed by atoms with van der Waals surface area (Å²) in [6.45, 7) is 2.03. The lowest BCUT2D eigenvalue weighted by atomic mass is 10.1. The van der Waals surface area contributed by atoms with E-state index in [1.807, 2.05) is 6.07 Å². The Hall–Kier alpha value is -2.69. The lowest BCUT2D eigenvalue weighted by Crippen LogP contribution is -2.04. The molecule has 0 saturated carbocycles. The zero-order valence-corrected chi connectivity index (χ0v) is 11.8. The Morgan fingerprint density at radius 1 is 1.29 bits per heavy atom. The zero-order chi connectivity index (χ0) is 15.2. The molecule has 0 atom stereocenters. The van der Waals surface area contributed by atoms with Crippen molar-refractivity contribution in [2.75, 3.05) is 7.11 Å². The van der Waals surface area contributed by atoms with Gasteiger partial charge in [0, 0.05) is 5.69 Å². The second kappa shape index (κ2) is 6.65. The smallest absolute Gasteiger partial charge is 0.337 e. The summed E-state index contributed by atoms with van der Waals surface area (Å²) in [5.41, 5.74) is 2.27. The quantitative estimate of drug-likeness (QED) is 0.624. The van der Waals surface area contributed by atoms with Gasteiger partial charge in [-0.05, 0) is 36.8 Å². The maximum absolute atomic E-state index is 11.5. The largest absolute Gasteiger partial charge is 0.487 e. The molecule has 0 spiro atoms. The van der Waals surface area contributed by atoms with Crippen molar-refractivity contribution in [3.8, 4) is 5.75 Å². The first-order valence-corrected chi connectivity index (χ1v) is 6.37. The van der Waals surface area contributed by atoms with Crippen molar-refractivity contribution in [3.05, 3.63) is 58.9 Å². The lowest BCUT2D eigenvalue weighted by molar-refractivity contribution is 0.0600. The van der Waals surface area contributed by atoms with Crippen LogP contribution < -0.4 is 4.74 Å². The highest BCUT2D eigenvalue weighted by atomic mass is 16.5. The van der Waals surface area contributed by atoms with Crippen LogP contribution in [0.3, 0.4) is 0 Å². The molecule has 0 amide bonds. The molecule has 0 aliphatic heterocycles. The average molecular weight is 285 g/mol. The third-order valence-electron chi connectivity index (χ3n) is 2.88. The first-order valence-electron chi connectivity index (χ1n) is 6.37. The van der Waals surface area contributed by atoms with E-state index in [1.54, 1.807) is 37.3 Å². The second-order valence-electron chi connectivity index (χ2n) is 4.43. The molecule has 2 rings (SSSR count). The fraction of sp³-hybridized carbons (Fsp3) is 0.188. The standard InChI is InChI=1S/C16H15NO4/c1-11-6-7-15(14(9-18)17-11)21-10-12-4-3-5-13(8-12)16(19)20-2/h3-9H,10H2,1-2H3. The molecule has 0 aliphatic rings. The van der Waals surface area contributed by atoms with Crippen molar-refractivity contribution in [2.45, 2.75) is 13.5 Å². The third kappa shape index (κ3) is 3.66. The van der Waals surface area contributed by atoms with Crippen molar-refractivity contribution < 1.29 is 19.1 Å². The second-order valence-corrected chi connectivity index (χ2v) is 4.43. The number of rotatable bonds is 5. The lowest BCUT2D eigenvalue weighted by Gasteiger charge is -2.09. The molecule has 0 radical (unpaired) electrons. The molecule has 0 fully saturated rings. The number of aromatic nitrogens is 1. The van der Waals surface area contributed by atoms with Crippen molar-refractivity contribution >= 4 is 12.3 Å². The SMILES string of the molecule is COC(=O)c1cccc(COc2ccc(C)nc2C=O)c1. The number of benzene rings is 1. The van der Waals surface area contributed by atoms with Gasteiger partial charge in [-0.1, -0.05) is 12.1 Å². The minimum Gasteiger partial charge on any atom is -0.487 e. The number of esters is 1. The molecular weight excluding hydrogens is 270 g/mol. The van der Waals surface area contributed by atoms with Crippen LogP contribution >= 0.6 is 0 Å². The van der Waals surface area contributed by atoms with E-state index < -0.39 is 5.97 Å². The molecule has 0 N–H and O–H groups in total. The molecule has 108 valence electrons. The van der Waals surface area contributed by atoms with E-state index >= 15 is 0 Å². The summed E-state index contributed by atoms with van der Waals surface area (Å²) in [7, 11) is 1.33. The van der Waals surface area contributed by atoms with Crippen LogP contribution in [0.1, 0.15) is 32.1 Å². The summed E-state index contributed by atoms with van der Waals surface area (Å²) in [6.07, 6.45) is 0.660. The minimum absolute atomic E-state index is 0.233. The van der Waals surface area contributed by atoms with Gasteiger partial charge in [-0.2, -0.15) is 0 Å². The van der Waals surface area contributed by atoms with Gasteiger partial charge in [-0.15, -0.1) is 0 Å². The maximum Gasteiger partial charge on any atom is 0.337 e. The highest BCUT2D eigenvalue weighted by molar-refractivity contribution is 5.89. The summed E-state index contributed by atoms with van der Waals surface area (Å²) >= 11 is 0. The monoisotopic (exact) mass is 285 g/mol. The highest BCUT2D eigenvalue weighted by Crippen LogP contribution is 2.17. The summed E-state index contributed by atoms with van der Waals surface area (Å²) in [4.78, 5) is 26.5. The zero-order valence-electron chi connectivity index (χ0n) is 11.8. The molecule has 0 bridgehead atoms. The first kappa shape index (κ1) is 14.7.